The Hall–Kier alpha value is -2.87. The van der Waals surface area contributed by atoms with Crippen molar-refractivity contribution in [2.24, 2.45) is 5.92 Å². The third-order valence-corrected chi connectivity index (χ3v) is 6.04. The van der Waals surface area contributed by atoms with Crippen LogP contribution in [0.5, 0.6) is 11.5 Å². The number of hydrogen-bond donors (Lipinski definition) is 2. The van der Waals surface area contributed by atoms with E-state index in [1.165, 1.54) is 6.08 Å². The van der Waals surface area contributed by atoms with Gasteiger partial charge < -0.3 is 19.7 Å². The maximum Gasteiger partial charge on any atom is 0.261 e. The fourth-order valence-corrected chi connectivity index (χ4v) is 3.91. The van der Waals surface area contributed by atoms with Crippen LogP contribution >= 0.6 is 11.6 Å². The molecule has 8 heteroatoms. The van der Waals surface area contributed by atoms with Gasteiger partial charge in [-0.1, -0.05) is 35.9 Å². The van der Waals surface area contributed by atoms with Crippen molar-refractivity contribution in [3.05, 3.63) is 69.8 Å². The van der Waals surface area contributed by atoms with Gasteiger partial charge in [0, 0.05) is 5.02 Å². The highest BCUT2D eigenvalue weighted by atomic mass is 35.5. The van der Waals surface area contributed by atoms with E-state index in [9.17, 15) is 19.8 Å². The predicted octanol–water partition coefficient (Wildman–Crippen LogP) is 3.02. The summed E-state index contributed by atoms with van der Waals surface area (Å²) in [5.74, 6) is -0.609. The number of hydrogen-bond acceptors (Lipinski definition) is 6. The first-order chi connectivity index (χ1) is 15.3. The minimum absolute atomic E-state index is 0.000971. The number of methoxy groups -OCH3 is 2. The summed E-state index contributed by atoms with van der Waals surface area (Å²) in [4.78, 5) is 27.0. The molecule has 2 aromatic carbocycles. The van der Waals surface area contributed by atoms with Crippen LogP contribution in [0.15, 0.2) is 48.0 Å². The molecular formula is C24H26ClNO6. The van der Waals surface area contributed by atoms with E-state index in [-0.39, 0.29) is 18.0 Å². The number of aliphatic hydroxyl groups is 2. The molecule has 1 heterocycles. The number of imide groups is 1. The molecule has 3 rings (SSSR count). The Bertz CT molecular complexity index is 1050. The van der Waals surface area contributed by atoms with Crippen LogP contribution in [0.1, 0.15) is 23.1 Å². The molecule has 0 aromatic heterocycles. The Kier molecular flexibility index (Phi) is 7.56. The fourth-order valence-electron chi connectivity index (χ4n) is 3.72. The Morgan fingerprint density at radius 3 is 2.47 bits per heavy atom. The summed E-state index contributed by atoms with van der Waals surface area (Å²) >= 11 is 6.18. The molecule has 32 heavy (non-hydrogen) atoms. The molecule has 1 aliphatic heterocycles. The minimum atomic E-state index is -1.97. The van der Waals surface area contributed by atoms with E-state index in [1.54, 1.807) is 38.5 Å². The van der Waals surface area contributed by atoms with Gasteiger partial charge in [-0.2, -0.15) is 0 Å². The number of benzene rings is 2. The average Bonchev–Trinajstić information content (AvgIpc) is 2.78. The molecule has 1 aliphatic rings. The second kappa shape index (κ2) is 10.2. The lowest BCUT2D eigenvalue weighted by atomic mass is 9.91. The van der Waals surface area contributed by atoms with E-state index in [1.807, 2.05) is 19.1 Å². The van der Waals surface area contributed by atoms with Crippen molar-refractivity contribution in [1.82, 2.24) is 4.90 Å². The van der Waals surface area contributed by atoms with Crippen LogP contribution in [-0.2, 0) is 22.6 Å². The summed E-state index contributed by atoms with van der Waals surface area (Å²) in [6.07, 6.45) is 0.280. The standard InChI is InChI=1S/C24H26ClNO6/c1-14-17(5-4-6-19(14)25)13-26-22(27)16(12-18(23(26)28)24(29)30)9-7-15-8-10-20(31-2)21(11-15)32-3/h4-6,8,10-12,16,24,29-30H,7,9,13H2,1-3H3. The Balaban J connectivity index is 1.84. The van der Waals surface area contributed by atoms with Gasteiger partial charge in [-0.15, -0.1) is 0 Å². The van der Waals surface area contributed by atoms with Crippen LogP contribution in [0, 0.1) is 12.8 Å². The maximum absolute atomic E-state index is 13.2. The van der Waals surface area contributed by atoms with E-state index < -0.39 is 18.1 Å². The largest absolute Gasteiger partial charge is 0.493 e. The molecule has 0 fully saturated rings. The smallest absolute Gasteiger partial charge is 0.261 e. The maximum atomic E-state index is 13.2. The summed E-state index contributed by atoms with van der Waals surface area (Å²) in [5.41, 5.74) is 2.19. The third kappa shape index (κ3) is 4.96. The first kappa shape index (κ1) is 23.8. The van der Waals surface area contributed by atoms with Crippen LogP contribution in [0.25, 0.3) is 0 Å². The monoisotopic (exact) mass is 459 g/mol. The molecule has 0 saturated heterocycles. The van der Waals surface area contributed by atoms with Gasteiger partial charge in [-0.05, 0) is 54.7 Å². The van der Waals surface area contributed by atoms with Gasteiger partial charge in [0.2, 0.25) is 5.91 Å². The number of nitrogens with zero attached hydrogens (tertiary/aromatic N) is 1. The summed E-state index contributed by atoms with van der Waals surface area (Å²) in [6.45, 7) is 1.81. The lowest BCUT2D eigenvalue weighted by Crippen LogP contribution is -2.46. The van der Waals surface area contributed by atoms with E-state index in [0.29, 0.717) is 34.9 Å². The first-order valence-electron chi connectivity index (χ1n) is 10.1. The topological polar surface area (TPSA) is 96.3 Å². The van der Waals surface area contributed by atoms with Gasteiger partial charge in [0.25, 0.3) is 5.91 Å². The van der Waals surface area contributed by atoms with Crippen LogP contribution in [0.4, 0.5) is 0 Å². The van der Waals surface area contributed by atoms with E-state index in [4.69, 9.17) is 21.1 Å². The molecule has 170 valence electrons. The normalized spacial score (nSPS) is 16.4. The minimum Gasteiger partial charge on any atom is -0.493 e. The zero-order valence-corrected chi connectivity index (χ0v) is 18.9. The number of carbonyl (C=O) groups excluding carboxylic acids is 2. The van der Waals surface area contributed by atoms with Gasteiger partial charge in [0.1, 0.15) is 0 Å². The van der Waals surface area contributed by atoms with Crippen LogP contribution in [0.3, 0.4) is 0 Å². The van der Waals surface area contributed by atoms with Gasteiger partial charge in [0.15, 0.2) is 17.8 Å². The van der Waals surface area contributed by atoms with E-state index in [0.717, 1.165) is 16.0 Å². The van der Waals surface area contributed by atoms with Crippen LogP contribution in [0.2, 0.25) is 5.02 Å². The van der Waals surface area contributed by atoms with Crippen LogP contribution in [-0.4, -0.2) is 47.4 Å². The van der Waals surface area contributed by atoms with E-state index in [2.05, 4.69) is 0 Å². The molecule has 2 amide bonds. The summed E-state index contributed by atoms with van der Waals surface area (Å²) in [5, 5.41) is 20.0. The lowest BCUT2D eigenvalue weighted by molar-refractivity contribution is -0.148. The van der Waals surface area contributed by atoms with Crippen molar-refractivity contribution in [1.29, 1.82) is 0 Å². The fraction of sp³-hybridized carbons (Fsp3) is 0.333. The lowest BCUT2D eigenvalue weighted by Gasteiger charge is -2.31. The number of ether oxygens (including phenoxy) is 2. The number of rotatable bonds is 8. The van der Waals surface area contributed by atoms with Crippen molar-refractivity contribution in [3.8, 4) is 11.5 Å². The molecule has 0 bridgehead atoms. The van der Waals surface area contributed by atoms with Crippen LogP contribution < -0.4 is 9.47 Å². The predicted molar refractivity (Wildman–Crippen MR) is 119 cm³/mol. The van der Waals surface area contributed by atoms with Gasteiger partial charge in [0.05, 0.1) is 32.3 Å². The quantitative estimate of drug-likeness (QED) is 0.465. The van der Waals surface area contributed by atoms with Gasteiger partial charge in [-0.3, -0.25) is 14.5 Å². The number of amides is 2. The summed E-state index contributed by atoms with van der Waals surface area (Å²) in [6, 6.07) is 10.8. The third-order valence-electron chi connectivity index (χ3n) is 5.63. The highest BCUT2D eigenvalue weighted by Gasteiger charge is 2.37. The van der Waals surface area contributed by atoms with E-state index >= 15 is 0 Å². The molecule has 0 aliphatic carbocycles. The Morgan fingerprint density at radius 2 is 1.81 bits per heavy atom. The Labute approximate surface area is 191 Å². The number of carbonyl (C=O) groups is 2. The second-order valence-electron chi connectivity index (χ2n) is 7.58. The molecule has 0 radical (unpaired) electrons. The zero-order valence-electron chi connectivity index (χ0n) is 18.2. The van der Waals surface area contributed by atoms with Crippen molar-refractivity contribution in [2.75, 3.05) is 14.2 Å². The molecule has 7 nitrogen and oxygen atoms in total. The molecule has 1 unspecified atom stereocenters. The number of halogens is 1. The van der Waals surface area contributed by atoms with Gasteiger partial charge in [-0.25, -0.2) is 0 Å². The highest BCUT2D eigenvalue weighted by molar-refractivity contribution is 6.31. The zero-order chi connectivity index (χ0) is 23.4. The molecule has 0 spiro atoms. The summed E-state index contributed by atoms with van der Waals surface area (Å²) < 4.78 is 10.6. The average molecular weight is 460 g/mol. The molecule has 2 aromatic rings. The number of aryl methyl sites for hydroxylation is 1. The summed E-state index contributed by atoms with van der Waals surface area (Å²) in [7, 11) is 3.10. The SMILES string of the molecule is COc1ccc(CCC2C=C(C(O)O)C(=O)N(Cc3cccc(Cl)c3C)C2=O)cc1OC. The van der Waals surface area contributed by atoms with Crippen molar-refractivity contribution in [2.45, 2.75) is 32.6 Å². The molecule has 0 saturated carbocycles. The Morgan fingerprint density at radius 1 is 1.09 bits per heavy atom. The highest BCUT2D eigenvalue weighted by Crippen LogP contribution is 2.30. The van der Waals surface area contributed by atoms with Crippen molar-refractivity contribution < 1.29 is 29.3 Å². The first-order valence-corrected chi connectivity index (χ1v) is 10.5. The molecule has 1 atom stereocenters. The number of aliphatic hydroxyl groups excluding tert-OH is 1. The molecule has 2 N–H and O–H groups in total. The van der Waals surface area contributed by atoms with Crippen molar-refractivity contribution in [3.63, 3.8) is 0 Å². The van der Waals surface area contributed by atoms with Gasteiger partial charge >= 0.3 is 0 Å². The second-order valence-corrected chi connectivity index (χ2v) is 7.99. The molecular weight excluding hydrogens is 434 g/mol. The van der Waals surface area contributed by atoms with Crippen molar-refractivity contribution >= 4 is 23.4 Å².